The summed E-state index contributed by atoms with van der Waals surface area (Å²) in [7, 11) is 0. The molecule has 2 N–H and O–H groups in total. The number of nitrogen functional groups attached to an aromatic ring is 1. The van der Waals surface area contributed by atoms with Crippen LogP contribution in [0.5, 0.6) is 0 Å². The number of hydrogen-bond donors (Lipinski definition) is 1. The number of nitrogens with zero attached hydrogens (tertiary/aromatic N) is 1. The van der Waals surface area contributed by atoms with Crippen LogP contribution in [0.3, 0.4) is 0 Å². The Morgan fingerprint density at radius 2 is 1.86 bits per heavy atom. The molecule has 3 heteroatoms. The van der Waals surface area contributed by atoms with Crippen LogP contribution in [0.4, 0.5) is 5.82 Å². The maximum Gasteiger partial charge on any atom is 0.123 e. The van der Waals surface area contributed by atoms with E-state index in [-0.39, 0.29) is 0 Å². The van der Waals surface area contributed by atoms with Gasteiger partial charge in [-0.25, -0.2) is 4.98 Å². The van der Waals surface area contributed by atoms with Gasteiger partial charge in [0.05, 0.1) is 0 Å². The van der Waals surface area contributed by atoms with Gasteiger partial charge in [-0.3, -0.25) is 0 Å². The molecule has 14 heavy (non-hydrogen) atoms. The average Bonchev–Trinajstić information content (AvgIpc) is 2.18. The average molecular weight is 249 g/mol. The van der Waals surface area contributed by atoms with E-state index in [0.29, 0.717) is 5.82 Å². The molecule has 2 rings (SSSR count). The van der Waals surface area contributed by atoms with Crippen LogP contribution in [-0.4, -0.2) is 4.98 Å². The predicted octanol–water partition coefficient (Wildman–Crippen LogP) is 3.09. The van der Waals surface area contributed by atoms with Crippen molar-refractivity contribution in [1.82, 2.24) is 4.98 Å². The lowest BCUT2D eigenvalue weighted by atomic mass is 10.1. The smallest absolute Gasteiger partial charge is 0.123 e. The fraction of sp³-hybridized carbons (Fsp3) is 0. The third-order valence-corrected chi connectivity index (χ3v) is 2.43. The molecule has 0 bridgehead atoms. The Hall–Kier alpha value is -1.35. The summed E-state index contributed by atoms with van der Waals surface area (Å²) < 4.78 is 1.06. The molecule has 0 aliphatic carbocycles. The predicted molar refractivity (Wildman–Crippen MR) is 61.8 cm³/mol. The number of nitrogens with two attached hydrogens (primary N) is 1. The molecule has 2 nitrogen and oxygen atoms in total. The minimum Gasteiger partial charge on any atom is -0.384 e. The summed E-state index contributed by atoms with van der Waals surface area (Å²) in [6.45, 7) is 0. The maximum absolute atomic E-state index is 5.61. The van der Waals surface area contributed by atoms with Crippen LogP contribution in [0.2, 0.25) is 0 Å². The van der Waals surface area contributed by atoms with Gasteiger partial charge in [0.2, 0.25) is 0 Å². The van der Waals surface area contributed by atoms with Gasteiger partial charge in [0.25, 0.3) is 0 Å². The zero-order valence-corrected chi connectivity index (χ0v) is 9.03. The van der Waals surface area contributed by atoms with E-state index in [9.17, 15) is 0 Å². The van der Waals surface area contributed by atoms with Gasteiger partial charge in [-0.15, -0.1) is 0 Å². The summed E-state index contributed by atoms with van der Waals surface area (Å²) in [5.41, 5.74) is 7.83. The standard InChI is InChI=1S/C11H9BrN2/c12-10-3-1-2-8(6-10)9-4-5-14-11(13)7-9/h1-7H,(H2,13,14). The lowest BCUT2D eigenvalue weighted by Crippen LogP contribution is -1.89. The summed E-state index contributed by atoms with van der Waals surface area (Å²) in [6.07, 6.45) is 1.71. The van der Waals surface area contributed by atoms with Crippen molar-refractivity contribution in [2.75, 3.05) is 5.73 Å². The molecule has 0 saturated heterocycles. The molecule has 0 spiro atoms. The Morgan fingerprint density at radius 1 is 1.07 bits per heavy atom. The van der Waals surface area contributed by atoms with E-state index in [4.69, 9.17) is 5.73 Å². The quantitative estimate of drug-likeness (QED) is 0.843. The van der Waals surface area contributed by atoms with E-state index in [2.05, 4.69) is 27.0 Å². The third-order valence-electron chi connectivity index (χ3n) is 1.94. The minimum atomic E-state index is 0.544. The summed E-state index contributed by atoms with van der Waals surface area (Å²) in [4.78, 5) is 3.95. The van der Waals surface area contributed by atoms with Gasteiger partial charge >= 0.3 is 0 Å². The number of anilines is 1. The lowest BCUT2D eigenvalue weighted by Gasteiger charge is -2.02. The first-order valence-electron chi connectivity index (χ1n) is 4.23. The van der Waals surface area contributed by atoms with Crippen LogP contribution in [0.25, 0.3) is 11.1 Å². The topological polar surface area (TPSA) is 38.9 Å². The van der Waals surface area contributed by atoms with Crippen molar-refractivity contribution in [3.63, 3.8) is 0 Å². The van der Waals surface area contributed by atoms with Crippen molar-refractivity contribution >= 4 is 21.7 Å². The SMILES string of the molecule is Nc1cc(-c2cccc(Br)c2)ccn1. The van der Waals surface area contributed by atoms with E-state index >= 15 is 0 Å². The molecule has 2 aromatic rings. The van der Waals surface area contributed by atoms with Gasteiger partial charge < -0.3 is 5.73 Å². The minimum absolute atomic E-state index is 0.544. The molecule has 1 aromatic heterocycles. The molecule has 0 fully saturated rings. The van der Waals surface area contributed by atoms with Crippen molar-refractivity contribution in [3.8, 4) is 11.1 Å². The number of halogens is 1. The van der Waals surface area contributed by atoms with Gasteiger partial charge in [-0.2, -0.15) is 0 Å². The van der Waals surface area contributed by atoms with E-state index in [1.54, 1.807) is 6.20 Å². The highest BCUT2D eigenvalue weighted by molar-refractivity contribution is 9.10. The molecule has 0 amide bonds. The normalized spacial score (nSPS) is 10.1. The first-order chi connectivity index (χ1) is 6.75. The van der Waals surface area contributed by atoms with Crippen LogP contribution in [-0.2, 0) is 0 Å². The highest BCUT2D eigenvalue weighted by Crippen LogP contribution is 2.23. The monoisotopic (exact) mass is 248 g/mol. The molecule has 1 heterocycles. The Morgan fingerprint density at radius 3 is 2.57 bits per heavy atom. The Kier molecular flexibility index (Phi) is 2.50. The highest BCUT2D eigenvalue weighted by Gasteiger charge is 1.98. The Balaban J connectivity index is 2.49. The maximum atomic E-state index is 5.61. The molecule has 1 aromatic carbocycles. The first kappa shape index (κ1) is 9.21. The Labute approximate surface area is 90.9 Å². The highest BCUT2D eigenvalue weighted by atomic mass is 79.9. The van der Waals surface area contributed by atoms with Crippen molar-refractivity contribution in [2.24, 2.45) is 0 Å². The lowest BCUT2D eigenvalue weighted by molar-refractivity contribution is 1.34. The summed E-state index contributed by atoms with van der Waals surface area (Å²) in [5, 5.41) is 0. The zero-order chi connectivity index (χ0) is 9.97. The van der Waals surface area contributed by atoms with E-state index in [0.717, 1.165) is 15.6 Å². The Bertz CT molecular complexity index is 411. The van der Waals surface area contributed by atoms with Crippen LogP contribution < -0.4 is 5.73 Å². The molecule has 0 aliphatic heterocycles. The van der Waals surface area contributed by atoms with E-state index < -0.39 is 0 Å². The molecular formula is C11H9BrN2. The third kappa shape index (κ3) is 1.93. The second kappa shape index (κ2) is 3.80. The zero-order valence-electron chi connectivity index (χ0n) is 7.44. The van der Waals surface area contributed by atoms with Crippen LogP contribution >= 0.6 is 15.9 Å². The summed E-state index contributed by atoms with van der Waals surface area (Å²) >= 11 is 3.43. The fourth-order valence-electron chi connectivity index (χ4n) is 1.30. The molecule has 0 aliphatic rings. The second-order valence-electron chi connectivity index (χ2n) is 2.98. The van der Waals surface area contributed by atoms with Gasteiger partial charge in [0.1, 0.15) is 5.82 Å². The van der Waals surface area contributed by atoms with Gasteiger partial charge in [0, 0.05) is 10.7 Å². The molecule has 0 atom stereocenters. The number of pyridine rings is 1. The van der Waals surface area contributed by atoms with E-state index in [1.165, 1.54) is 0 Å². The largest absolute Gasteiger partial charge is 0.384 e. The van der Waals surface area contributed by atoms with Gasteiger partial charge in [-0.1, -0.05) is 28.1 Å². The van der Waals surface area contributed by atoms with Crippen molar-refractivity contribution in [2.45, 2.75) is 0 Å². The van der Waals surface area contributed by atoms with Crippen molar-refractivity contribution < 1.29 is 0 Å². The first-order valence-corrected chi connectivity index (χ1v) is 5.02. The number of hydrogen-bond acceptors (Lipinski definition) is 2. The van der Waals surface area contributed by atoms with Crippen LogP contribution in [0.1, 0.15) is 0 Å². The van der Waals surface area contributed by atoms with Crippen LogP contribution in [0.15, 0.2) is 47.1 Å². The number of benzene rings is 1. The fourth-order valence-corrected chi connectivity index (χ4v) is 1.70. The molecule has 70 valence electrons. The van der Waals surface area contributed by atoms with E-state index in [1.807, 2.05) is 30.3 Å². The molecular weight excluding hydrogens is 240 g/mol. The van der Waals surface area contributed by atoms with Crippen molar-refractivity contribution in [3.05, 3.63) is 47.1 Å². The van der Waals surface area contributed by atoms with Gasteiger partial charge in [0.15, 0.2) is 0 Å². The number of rotatable bonds is 1. The second-order valence-corrected chi connectivity index (χ2v) is 3.90. The van der Waals surface area contributed by atoms with Gasteiger partial charge in [-0.05, 0) is 35.4 Å². The number of aromatic nitrogens is 1. The van der Waals surface area contributed by atoms with Crippen LogP contribution in [0, 0.1) is 0 Å². The molecule has 0 saturated carbocycles. The molecule has 0 radical (unpaired) electrons. The summed E-state index contributed by atoms with van der Waals surface area (Å²) in [6, 6.07) is 11.9. The van der Waals surface area contributed by atoms with Crippen molar-refractivity contribution in [1.29, 1.82) is 0 Å². The molecule has 0 unspecified atom stereocenters. The summed E-state index contributed by atoms with van der Waals surface area (Å²) in [5.74, 6) is 0.544.